The average Bonchev–Trinajstić information content (AvgIpc) is 1.86. The van der Waals surface area contributed by atoms with Crippen LogP contribution in [0, 0.1) is 11.8 Å². The highest BCUT2D eigenvalue weighted by atomic mass is 32.1. The fraction of sp³-hybridized carbons (Fsp3) is 0. The van der Waals surface area contributed by atoms with Gasteiger partial charge in [0.15, 0.2) is 0 Å². The fourth-order valence-corrected chi connectivity index (χ4v) is 0.442. The third-order valence-electron chi connectivity index (χ3n) is 0.540. The molecule has 1 N–H and O–H groups in total. The van der Waals surface area contributed by atoms with Gasteiger partial charge in [0, 0.05) is 5.25 Å². The van der Waals surface area contributed by atoms with Crippen molar-refractivity contribution in [3.05, 3.63) is 24.1 Å². The van der Waals surface area contributed by atoms with Gasteiger partial charge >= 0.3 is 0 Å². The zero-order chi connectivity index (χ0) is 4.41. The summed E-state index contributed by atoms with van der Waals surface area (Å²) in [4.78, 5) is 0. The van der Waals surface area contributed by atoms with Gasteiger partial charge < -0.3 is 5.32 Å². The minimum atomic E-state index is 0.968. The SMILES string of the molecule is [SH2+][C-]1[C]NC=C1. The van der Waals surface area contributed by atoms with Crippen LogP contribution in [0.15, 0.2) is 12.3 Å². The van der Waals surface area contributed by atoms with E-state index in [1.807, 2.05) is 12.3 Å². The fourth-order valence-electron chi connectivity index (χ4n) is 0.286. The second-order valence-corrected chi connectivity index (χ2v) is 1.56. The van der Waals surface area contributed by atoms with E-state index in [0.717, 1.165) is 5.25 Å². The Morgan fingerprint density at radius 2 is 2.67 bits per heavy atom. The summed E-state index contributed by atoms with van der Waals surface area (Å²) in [6.07, 6.45) is 3.69. The molecule has 6 heavy (non-hydrogen) atoms. The molecule has 0 fully saturated rings. The van der Waals surface area contributed by atoms with Gasteiger partial charge in [-0.3, -0.25) is 0 Å². The van der Waals surface area contributed by atoms with E-state index in [1.54, 1.807) is 0 Å². The lowest BCUT2D eigenvalue weighted by molar-refractivity contribution is 1.13. The van der Waals surface area contributed by atoms with Crippen LogP contribution < -0.4 is 5.32 Å². The molecule has 0 aromatic heterocycles. The van der Waals surface area contributed by atoms with Crippen LogP contribution >= 0.6 is 0 Å². The number of hydrogen-bond donors (Lipinski definition) is 1. The van der Waals surface area contributed by atoms with Gasteiger partial charge in [-0.1, -0.05) is 12.6 Å². The molecule has 0 spiro atoms. The van der Waals surface area contributed by atoms with Crippen molar-refractivity contribution in [2.24, 2.45) is 0 Å². The summed E-state index contributed by atoms with van der Waals surface area (Å²) in [5.41, 5.74) is 0. The third-order valence-corrected chi connectivity index (χ3v) is 0.832. The van der Waals surface area contributed by atoms with E-state index in [4.69, 9.17) is 0 Å². The van der Waals surface area contributed by atoms with Gasteiger partial charge in [0.2, 0.25) is 0 Å². The Morgan fingerprint density at radius 3 is 2.83 bits per heavy atom. The predicted molar refractivity (Wildman–Crippen MR) is 28.9 cm³/mol. The highest BCUT2D eigenvalue weighted by Crippen LogP contribution is 2.04. The Bertz CT molecular complexity index is 69.9. The van der Waals surface area contributed by atoms with Crippen molar-refractivity contribution in [2.75, 3.05) is 0 Å². The highest BCUT2D eigenvalue weighted by molar-refractivity contribution is 7.62. The van der Waals surface area contributed by atoms with Crippen LogP contribution in [0.25, 0.3) is 0 Å². The van der Waals surface area contributed by atoms with Gasteiger partial charge in [0.05, 0.1) is 6.54 Å². The van der Waals surface area contributed by atoms with Gasteiger partial charge in [-0.2, -0.15) is 6.08 Å². The summed E-state index contributed by atoms with van der Waals surface area (Å²) in [6.45, 7) is 2.79. The molecular formula is C4H5NS. The molecule has 0 atom stereocenters. The van der Waals surface area contributed by atoms with E-state index >= 15 is 0 Å². The van der Waals surface area contributed by atoms with Crippen LogP contribution in [0.3, 0.4) is 0 Å². The zero-order valence-corrected chi connectivity index (χ0v) is 4.15. The summed E-state index contributed by atoms with van der Waals surface area (Å²) in [6, 6.07) is 0. The Kier molecular flexibility index (Phi) is 0.965. The van der Waals surface area contributed by atoms with Gasteiger partial charge in [0.1, 0.15) is 0 Å². The molecule has 0 bridgehead atoms. The molecule has 0 saturated heterocycles. The lowest BCUT2D eigenvalue weighted by Crippen LogP contribution is -1.94. The molecule has 0 aromatic carbocycles. The molecule has 0 saturated carbocycles. The van der Waals surface area contributed by atoms with Crippen LogP contribution in [0.4, 0.5) is 0 Å². The second kappa shape index (κ2) is 1.47. The smallest absolute Gasteiger partial charge is 0.0538 e. The summed E-state index contributed by atoms with van der Waals surface area (Å²) < 4.78 is 0. The Morgan fingerprint density at radius 1 is 1.83 bits per heavy atom. The van der Waals surface area contributed by atoms with E-state index in [-0.39, 0.29) is 0 Å². The van der Waals surface area contributed by atoms with Crippen molar-refractivity contribution < 1.29 is 0 Å². The van der Waals surface area contributed by atoms with Crippen molar-refractivity contribution in [2.45, 2.75) is 0 Å². The molecule has 1 nitrogen and oxygen atoms in total. The van der Waals surface area contributed by atoms with Crippen molar-refractivity contribution in [3.8, 4) is 0 Å². The normalized spacial score (nSPS) is 18.5. The topological polar surface area (TPSA) is 12.0 Å². The minimum absolute atomic E-state index is 0.968. The maximum absolute atomic E-state index is 3.24. The monoisotopic (exact) mass is 99.0 g/mol. The molecule has 1 aliphatic heterocycles. The zero-order valence-electron chi connectivity index (χ0n) is 3.15. The Balaban J connectivity index is 2.38. The van der Waals surface area contributed by atoms with Crippen molar-refractivity contribution in [1.82, 2.24) is 5.32 Å². The quantitative estimate of drug-likeness (QED) is 0.324. The van der Waals surface area contributed by atoms with Crippen LogP contribution in [0.5, 0.6) is 0 Å². The number of rotatable bonds is 0. The van der Waals surface area contributed by atoms with Crippen LogP contribution in [0.2, 0.25) is 0 Å². The Hall–Kier alpha value is -0.240. The molecule has 1 heterocycles. The third kappa shape index (κ3) is 0.627. The van der Waals surface area contributed by atoms with E-state index in [2.05, 4.69) is 24.5 Å². The molecule has 0 unspecified atom stereocenters. The molecule has 1 aliphatic rings. The molecule has 2 heteroatoms. The van der Waals surface area contributed by atoms with E-state index in [9.17, 15) is 0 Å². The van der Waals surface area contributed by atoms with Crippen LogP contribution in [0.1, 0.15) is 0 Å². The molecule has 0 aliphatic carbocycles. The van der Waals surface area contributed by atoms with Crippen LogP contribution in [-0.2, 0) is 12.6 Å². The van der Waals surface area contributed by atoms with E-state index in [1.165, 1.54) is 0 Å². The first kappa shape index (κ1) is 3.93. The largest absolute Gasteiger partial charge is 0.468 e. The van der Waals surface area contributed by atoms with Gasteiger partial charge in [-0.25, -0.2) is 0 Å². The van der Waals surface area contributed by atoms with Crippen molar-refractivity contribution in [1.29, 1.82) is 0 Å². The summed E-state index contributed by atoms with van der Waals surface area (Å²) in [5, 5.41) is 3.72. The molecular weight excluding hydrogens is 94.1 g/mol. The van der Waals surface area contributed by atoms with E-state index in [0.29, 0.717) is 0 Å². The first-order chi connectivity index (χ1) is 2.89. The molecule has 0 aromatic rings. The van der Waals surface area contributed by atoms with Gasteiger partial charge in [0.25, 0.3) is 0 Å². The number of nitrogens with one attached hydrogen (secondary N) is 1. The van der Waals surface area contributed by atoms with Crippen LogP contribution in [-0.4, -0.2) is 0 Å². The van der Waals surface area contributed by atoms with Gasteiger partial charge in [-0.15, -0.1) is 6.20 Å². The molecule has 1 rings (SSSR count). The van der Waals surface area contributed by atoms with Crippen molar-refractivity contribution in [3.63, 3.8) is 0 Å². The maximum Gasteiger partial charge on any atom is 0.0538 e. The summed E-state index contributed by atoms with van der Waals surface area (Å²) in [7, 11) is 0. The minimum Gasteiger partial charge on any atom is -0.468 e. The highest BCUT2D eigenvalue weighted by Gasteiger charge is 1.95. The Labute approximate surface area is 42.8 Å². The molecule has 0 amide bonds. The molecule has 2 radical (unpaired) electrons. The van der Waals surface area contributed by atoms with Gasteiger partial charge in [-0.05, 0) is 0 Å². The average molecular weight is 99.2 g/mol. The standard InChI is InChI=1S/C4H5NS/c6-4-1-2-5-3-4/h1-2,5H,6H2. The number of hydrogen-bond acceptors (Lipinski definition) is 1. The second-order valence-electron chi connectivity index (χ2n) is 1.02. The first-order valence-corrected chi connectivity index (χ1v) is 2.16. The lowest BCUT2D eigenvalue weighted by Gasteiger charge is -1.92. The maximum atomic E-state index is 3.24. The van der Waals surface area contributed by atoms with Crippen molar-refractivity contribution >= 4 is 12.6 Å². The summed E-state index contributed by atoms with van der Waals surface area (Å²) >= 11 is 3.24. The predicted octanol–water partition coefficient (Wildman–Crippen LogP) is -0.314. The molecule has 32 valence electrons. The summed E-state index contributed by atoms with van der Waals surface area (Å²) in [5.74, 6) is 0. The first-order valence-electron chi connectivity index (χ1n) is 1.66. The lowest BCUT2D eigenvalue weighted by atomic mass is 10.5. The van der Waals surface area contributed by atoms with E-state index < -0.39 is 0 Å².